The Bertz CT molecular complexity index is 1010. The van der Waals surface area contributed by atoms with Crippen LogP contribution in [0.3, 0.4) is 0 Å². The highest BCUT2D eigenvalue weighted by molar-refractivity contribution is 5.88. The molecule has 8 nitrogen and oxygen atoms in total. The number of amides is 1. The van der Waals surface area contributed by atoms with Gasteiger partial charge >= 0.3 is 0 Å². The number of piperidine rings is 1. The normalized spacial score (nSPS) is 19.4. The van der Waals surface area contributed by atoms with Crippen molar-refractivity contribution in [2.45, 2.75) is 31.7 Å². The molecule has 3 N–H and O–H groups in total. The summed E-state index contributed by atoms with van der Waals surface area (Å²) in [5.41, 5.74) is 2.22. The average Bonchev–Trinajstić information content (AvgIpc) is 3.30. The van der Waals surface area contributed by atoms with E-state index in [0.29, 0.717) is 18.8 Å². The number of aromatic nitrogens is 2. The first-order valence-corrected chi connectivity index (χ1v) is 11.4. The summed E-state index contributed by atoms with van der Waals surface area (Å²) in [6.07, 6.45) is 11.8. The van der Waals surface area contributed by atoms with Gasteiger partial charge in [0.2, 0.25) is 5.91 Å². The molecule has 2 aromatic heterocycles. The van der Waals surface area contributed by atoms with Crippen LogP contribution in [0.2, 0.25) is 0 Å². The lowest BCUT2D eigenvalue weighted by Crippen LogP contribution is -2.32. The van der Waals surface area contributed by atoms with Crippen LogP contribution in [0.5, 0.6) is 0 Å². The van der Waals surface area contributed by atoms with Crippen LogP contribution in [0.1, 0.15) is 25.7 Å². The van der Waals surface area contributed by atoms with Gasteiger partial charge < -0.3 is 20.5 Å². The standard InChI is InChI=1S/C24H32N6O2/c1-25-22-15-18(7-9-26-22)19-14-21(24(32)27-16-19)28-20-8-13-30(17-20)23(31)6-5-12-29-10-3-2-4-11-29/h5-7,9,14-16,20,28H,2-4,8,10-13,17H2,1H3,(H,25,26)(H,27,32)/b6-5+/t20-/m1/s1. The Morgan fingerprint density at radius 3 is 2.88 bits per heavy atom. The minimum Gasteiger partial charge on any atom is -0.376 e. The summed E-state index contributed by atoms with van der Waals surface area (Å²) in [7, 11) is 1.82. The monoisotopic (exact) mass is 436 g/mol. The fourth-order valence-corrected chi connectivity index (χ4v) is 4.35. The van der Waals surface area contributed by atoms with Crippen LogP contribution in [-0.4, -0.2) is 71.5 Å². The number of hydrogen-bond acceptors (Lipinski definition) is 6. The number of likely N-dealkylation sites (tertiary alicyclic amines) is 2. The molecule has 4 rings (SSSR count). The van der Waals surface area contributed by atoms with Crippen molar-refractivity contribution in [3.8, 4) is 11.1 Å². The van der Waals surface area contributed by atoms with Crippen molar-refractivity contribution in [1.29, 1.82) is 0 Å². The number of anilines is 2. The van der Waals surface area contributed by atoms with E-state index < -0.39 is 0 Å². The second kappa shape index (κ2) is 10.5. The molecule has 0 unspecified atom stereocenters. The minimum absolute atomic E-state index is 0.0466. The first-order chi connectivity index (χ1) is 15.6. The van der Waals surface area contributed by atoms with Gasteiger partial charge in [-0.25, -0.2) is 4.98 Å². The summed E-state index contributed by atoms with van der Waals surface area (Å²) in [6, 6.07) is 5.75. The molecule has 0 radical (unpaired) electrons. The van der Waals surface area contributed by atoms with Crippen LogP contribution in [0.4, 0.5) is 11.5 Å². The molecular weight excluding hydrogens is 404 g/mol. The molecule has 2 saturated heterocycles. The van der Waals surface area contributed by atoms with Crippen LogP contribution in [0, 0.1) is 0 Å². The highest BCUT2D eigenvalue weighted by Crippen LogP contribution is 2.23. The second-order valence-electron chi connectivity index (χ2n) is 8.49. The summed E-state index contributed by atoms with van der Waals surface area (Å²) < 4.78 is 0. The second-order valence-corrected chi connectivity index (χ2v) is 8.49. The van der Waals surface area contributed by atoms with Crippen molar-refractivity contribution in [2.24, 2.45) is 0 Å². The topological polar surface area (TPSA) is 93.4 Å². The number of nitrogens with zero attached hydrogens (tertiary/aromatic N) is 3. The fourth-order valence-electron chi connectivity index (χ4n) is 4.35. The van der Waals surface area contributed by atoms with Gasteiger partial charge in [-0.1, -0.05) is 12.5 Å². The summed E-state index contributed by atoms with van der Waals surface area (Å²) in [4.78, 5) is 36.2. The minimum atomic E-state index is -0.164. The molecule has 2 aliphatic heterocycles. The quantitative estimate of drug-likeness (QED) is 0.578. The Balaban J connectivity index is 1.34. The molecule has 0 saturated carbocycles. The maximum absolute atomic E-state index is 12.6. The van der Waals surface area contributed by atoms with Gasteiger partial charge in [0.1, 0.15) is 11.5 Å². The van der Waals surface area contributed by atoms with E-state index in [0.717, 1.165) is 43.0 Å². The highest BCUT2D eigenvalue weighted by atomic mass is 16.2. The lowest BCUT2D eigenvalue weighted by atomic mass is 10.1. The molecule has 1 atom stereocenters. The van der Waals surface area contributed by atoms with Crippen molar-refractivity contribution in [3.63, 3.8) is 0 Å². The van der Waals surface area contributed by atoms with E-state index in [1.165, 1.54) is 19.3 Å². The van der Waals surface area contributed by atoms with Crippen molar-refractivity contribution in [3.05, 3.63) is 53.1 Å². The van der Waals surface area contributed by atoms with Crippen LogP contribution in [0.25, 0.3) is 11.1 Å². The van der Waals surface area contributed by atoms with Gasteiger partial charge in [-0.2, -0.15) is 0 Å². The molecule has 4 heterocycles. The van der Waals surface area contributed by atoms with E-state index in [4.69, 9.17) is 0 Å². The number of H-pyrrole nitrogens is 1. The van der Waals surface area contributed by atoms with Gasteiger partial charge in [0.25, 0.3) is 5.56 Å². The third-order valence-corrected chi connectivity index (χ3v) is 6.18. The van der Waals surface area contributed by atoms with Crippen LogP contribution >= 0.6 is 0 Å². The van der Waals surface area contributed by atoms with Crippen LogP contribution in [0.15, 0.2) is 47.5 Å². The van der Waals surface area contributed by atoms with Crippen LogP contribution in [-0.2, 0) is 4.79 Å². The first kappa shape index (κ1) is 22.1. The molecule has 8 heteroatoms. The lowest BCUT2D eigenvalue weighted by molar-refractivity contribution is -0.125. The largest absolute Gasteiger partial charge is 0.376 e. The lowest BCUT2D eigenvalue weighted by Gasteiger charge is -2.24. The Labute approximate surface area is 188 Å². The predicted molar refractivity (Wildman–Crippen MR) is 128 cm³/mol. The zero-order valence-corrected chi connectivity index (χ0v) is 18.6. The Morgan fingerprint density at radius 2 is 2.06 bits per heavy atom. The average molecular weight is 437 g/mol. The molecule has 2 aliphatic rings. The SMILES string of the molecule is CNc1cc(-c2c[nH]c(=O)c(N[C@@H]3CCN(C(=O)/C=C/CN4CCCCC4)C3)c2)ccn1. The predicted octanol–water partition coefficient (Wildman–Crippen LogP) is 2.53. The number of nitrogens with one attached hydrogen (secondary N) is 3. The van der Waals surface area contributed by atoms with Gasteiger partial charge in [0.15, 0.2) is 0 Å². The van der Waals surface area contributed by atoms with E-state index in [-0.39, 0.29) is 17.5 Å². The van der Waals surface area contributed by atoms with E-state index in [2.05, 4.69) is 25.5 Å². The van der Waals surface area contributed by atoms with Crippen molar-refractivity contribution >= 4 is 17.4 Å². The third kappa shape index (κ3) is 5.56. The summed E-state index contributed by atoms with van der Waals surface area (Å²) in [6.45, 7) is 4.37. The molecule has 1 amide bonds. The fraction of sp³-hybridized carbons (Fsp3) is 0.458. The molecular formula is C24H32N6O2. The van der Waals surface area contributed by atoms with Crippen molar-refractivity contribution in [2.75, 3.05) is 50.4 Å². The maximum atomic E-state index is 12.6. The summed E-state index contributed by atoms with van der Waals surface area (Å²) >= 11 is 0. The molecule has 0 bridgehead atoms. The van der Waals surface area contributed by atoms with Gasteiger partial charge in [-0.15, -0.1) is 0 Å². The molecule has 0 spiro atoms. The number of carbonyl (C=O) groups excluding carboxylic acids is 1. The van der Waals surface area contributed by atoms with E-state index in [9.17, 15) is 9.59 Å². The Hall–Kier alpha value is -3.13. The molecule has 2 aromatic rings. The zero-order valence-electron chi connectivity index (χ0n) is 18.6. The molecule has 0 aromatic carbocycles. The Morgan fingerprint density at radius 1 is 1.22 bits per heavy atom. The zero-order chi connectivity index (χ0) is 22.3. The van der Waals surface area contributed by atoms with Gasteiger partial charge in [0, 0.05) is 56.8 Å². The number of pyridine rings is 2. The number of rotatable bonds is 7. The van der Waals surface area contributed by atoms with E-state index in [1.54, 1.807) is 18.5 Å². The maximum Gasteiger partial charge on any atom is 0.271 e. The van der Waals surface area contributed by atoms with Gasteiger partial charge in [-0.05, 0) is 56.1 Å². The van der Waals surface area contributed by atoms with Crippen LogP contribution < -0.4 is 16.2 Å². The van der Waals surface area contributed by atoms with Crippen molar-refractivity contribution in [1.82, 2.24) is 19.8 Å². The number of aromatic amines is 1. The third-order valence-electron chi connectivity index (χ3n) is 6.18. The highest BCUT2D eigenvalue weighted by Gasteiger charge is 2.25. The molecule has 170 valence electrons. The summed E-state index contributed by atoms with van der Waals surface area (Å²) in [5.74, 6) is 0.812. The van der Waals surface area contributed by atoms with E-state index >= 15 is 0 Å². The molecule has 0 aliphatic carbocycles. The smallest absolute Gasteiger partial charge is 0.271 e. The van der Waals surface area contributed by atoms with Gasteiger partial charge in [-0.3, -0.25) is 14.5 Å². The van der Waals surface area contributed by atoms with Crippen molar-refractivity contribution < 1.29 is 4.79 Å². The van der Waals surface area contributed by atoms with Gasteiger partial charge in [0.05, 0.1) is 0 Å². The Kier molecular flexibility index (Phi) is 7.21. The molecule has 2 fully saturated rings. The number of carbonyl (C=O) groups is 1. The first-order valence-electron chi connectivity index (χ1n) is 11.4. The number of hydrogen-bond donors (Lipinski definition) is 3. The molecule has 32 heavy (non-hydrogen) atoms. The summed E-state index contributed by atoms with van der Waals surface area (Å²) in [5, 5.41) is 6.37. The van der Waals surface area contributed by atoms with E-state index in [1.807, 2.05) is 36.2 Å².